The van der Waals surface area contributed by atoms with Gasteiger partial charge in [0, 0.05) is 24.8 Å². The van der Waals surface area contributed by atoms with Gasteiger partial charge in [-0.3, -0.25) is 0 Å². The SMILES string of the molecule is CC1CCN(c2ccc(C(C)N)cn2)C(C)C1. The number of hydrogen-bond acceptors (Lipinski definition) is 3. The van der Waals surface area contributed by atoms with E-state index in [9.17, 15) is 0 Å². The van der Waals surface area contributed by atoms with Crippen LogP contribution < -0.4 is 10.6 Å². The molecule has 3 atom stereocenters. The zero-order valence-electron chi connectivity index (χ0n) is 11.1. The normalized spacial score (nSPS) is 26.9. The van der Waals surface area contributed by atoms with Crippen LogP contribution in [0, 0.1) is 5.92 Å². The molecule has 0 spiro atoms. The quantitative estimate of drug-likeness (QED) is 0.854. The van der Waals surface area contributed by atoms with Crippen molar-refractivity contribution in [3.05, 3.63) is 23.9 Å². The zero-order chi connectivity index (χ0) is 12.4. The first-order valence-electron chi connectivity index (χ1n) is 6.56. The van der Waals surface area contributed by atoms with Crippen molar-refractivity contribution in [3.63, 3.8) is 0 Å². The van der Waals surface area contributed by atoms with Crippen molar-refractivity contribution in [2.45, 2.75) is 45.7 Å². The van der Waals surface area contributed by atoms with E-state index >= 15 is 0 Å². The number of anilines is 1. The van der Waals surface area contributed by atoms with E-state index in [1.807, 2.05) is 13.1 Å². The highest BCUT2D eigenvalue weighted by Gasteiger charge is 2.23. The molecule has 1 fully saturated rings. The molecule has 3 heteroatoms. The summed E-state index contributed by atoms with van der Waals surface area (Å²) in [5, 5.41) is 0. The van der Waals surface area contributed by atoms with E-state index in [2.05, 4.69) is 35.9 Å². The molecule has 1 saturated heterocycles. The Kier molecular flexibility index (Phi) is 3.67. The molecule has 2 heterocycles. The molecular formula is C14H23N3. The van der Waals surface area contributed by atoms with Crippen LogP contribution in [0.2, 0.25) is 0 Å². The molecule has 3 unspecified atom stereocenters. The molecule has 3 nitrogen and oxygen atoms in total. The van der Waals surface area contributed by atoms with E-state index in [0.717, 1.165) is 23.8 Å². The highest BCUT2D eigenvalue weighted by atomic mass is 15.2. The lowest BCUT2D eigenvalue weighted by Gasteiger charge is -2.37. The summed E-state index contributed by atoms with van der Waals surface area (Å²) in [6.07, 6.45) is 4.43. The number of hydrogen-bond donors (Lipinski definition) is 1. The van der Waals surface area contributed by atoms with Gasteiger partial charge in [0.1, 0.15) is 5.82 Å². The van der Waals surface area contributed by atoms with Crippen LogP contribution in [0.5, 0.6) is 0 Å². The van der Waals surface area contributed by atoms with Crippen LogP contribution >= 0.6 is 0 Å². The fourth-order valence-corrected chi connectivity index (χ4v) is 2.58. The van der Waals surface area contributed by atoms with Gasteiger partial charge in [-0.15, -0.1) is 0 Å². The van der Waals surface area contributed by atoms with Crippen molar-refractivity contribution in [2.24, 2.45) is 11.7 Å². The van der Waals surface area contributed by atoms with Gasteiger partial charge in [0.05, 0.1) is 0 Å². The molecule has 0 aliphatic carbocycles. The molecule has 1 aromatic heterocycles. The maximum absolute atomic E-state index is 5.83. The molecule has 0 aromatic carbocycles. The summed E-state index contributed by atoms with van der Waals surface area (Å²) in [7, 11) is 0. The average molecular weight is 233 g/mol. The van der Waals surface area contributed by atoms with Crippen molar-refractivity contribution in [1.82, 2.24) is 4.98 Å². The number of rotatable bonds is 2. The molecule has 2 N–H and O–H groups in total. The minimum absolute atomic E-state index is 0.0651. The van der Waals surface area contributed by atoms with Crippen molar-refractivity contribution in [3.8, 4) is 0 Å². The summed E-state index contributed by atoms with van der Waals surface area (Å²) in [6, 6.07) is 4.85. The van der Waals surface area contributed by atoms with Crippen molar-refractivity contribution < 1.29 is 0 Å². The number of pyridine rings is 1. The summed E-state index contributed by atoms with van der Waals surface area (Å²) >= 11 is 0. The van der Waals surface area contributed by atoms with Crippen molar-refractivity contribution in [2.75, 3.05) is 11.4 Å². The maximum Gasteiger partial charge on any atom is 0.128 e. The zero-order valence-corrected chi connectivity index (χ0v) is 11.1. The minimum Gasteiger partial charge on any atom is -0.354 e. The van der Waals surface area contributed by atoms with Crippen LogP contribution in [0.15, 0.2) is 18.3 Å². The summed E-state index contributed by atoms with van der Waals surface area (Å²) in [5.41, 5.74) is 6.94. The van der Waals surface area contributed by atoms with Gasteiger partial charge in [-0.05, 0) is 44.2 Å². The number of nitrogens with zero attached hydrogens (tertiary/aromatic N) is 2. The Morgan fingerprint density at radius 2 is 2.18 bits per heavy atom. The first-order valence-corrected chi connectivity index (χ1v) is 6.56. The summed E-state index contributed by atoms with van der Waals surface area (Å²) in [5.74, 6) is 1.93. The lowest BCUT2D eigenvalue weighted by molar-refractivity contribution is 0.376. The maximum atomic E-state index is 5.83. The third-order valence-electron chi connectivity index (χ3n) is 3.73. The van der Waals surface area contributed by atoms with Crippen molar-refractivity contribution in [1.29, 1.82) is 0 Å². The highest BCUT2D eigenvalue weighted by Crippen LogP contribution is 2.26. The van der Waals surface area contributed by atoms with E-state index in [1.54, 1.807) is 0 Å². The van der Waals surface area contributed by atoms with E-state index in [-0.39, 0.29) is 6.04 Å². The van der Waals surface area contributed by atoms with E-state index in [0.29, 0.717) is 6.04 Å². The predicted molar refractivity (Wildman–Crippen MR) is 72.0 cm³/mol. The number of aromatic nitrogens is 1. The summed E-state index contributed by atoms with van der Waals surface area (Å²) in [6.45, 7) is 7.73. The molecule has 1 aliphatic heterocycles. The molecule has 1 aromatic rings. The molecule has 0 saturated carbocycles. The Morgan fingerprint density at radius 1 is 1.41 bits per heavy atom. The smallest absolute Gasteiger partial charge is 0.128 e. The Labute approximate surface area is 104 Å². The van der Waals surface area contributed by atoms with Gasteiger partial charge in [0.25, 0.3) is 0 Å². The van der Waals surface area contributed by atoms with Gasteiger partial charge in [-0.25, -0.2) is 4.98 Å². The fraction of sp³-hybridized carbons (Fsp3) is 0.643. The van der Waals surface area contributed by atoms with Crippen LogP contribution in [0.1, 0.15) is 45.2 Å². The van der Waals surface area contributed by atoms with Gasteiger partial charge in [0.15, 0.2) is 0 Å². The van der Waals surface area contributed by atoms with Crippen LogP contribution in [0.25, 0.3) is 0 Å². The second kappa shape index (κ2) is 5.05. The second-order valence-corrected chi connectivity index (χ2v) is 5.41. The van der Waals surface area contributed by atoms with Gasteiger partial charge in [-0.1, -0.05) is 13.0 Å². The van der Waals surface area contributed by atoms with Crippen LogP contribution in [-0.2, 0) is 0 Å². The lowest BCUT2D eigenvalue weighted by Crippen LogP contribution is -2.40. The topological polar surface area (TPSA) is 42.1 Å². The summed E-state index contributed by atoms with van der Waals surface area (Å²) in [4.78, 5) is 6.95. The lowest BCUT2D eigenvalue weighted by atomic mass is 9.93. The molecule has 2 rings (SSSR count). The molecular weight excluding hydrogens is 210 g/mol. The monoisotopic (exact) mass is 233 g/mol. The van der Waals surface area contributed by atoms with E-state index in [4.69, 9.17) is 5.73 Å². The predicted octanol–water partition coefficient (Wildman–Crippen LogP) is 2.73. The molecule has 17 heavy (non-hydrogen) atoms. The average Bonchev–Trinajstić information content (AvgIpc) is 2.29. The molecule has 94 valence electrons. The third-order valence-corrected chi connectivity index (χ3v) is 3.73. The molecule has 1 aliphatic rings. The minimum atomic E-state index is 0.0651. The third kappa shape index (κ3) is 2.78. The molecule has 0 radical (unpaired) electrons. The first-order chi connectivity index (χ1) is 8.08. The fourth-order valence-electron chi connectivity index (χ4n) is 2.58. The van der Waals surface area contributed by atoms with Gasteiger partial charge < -0.3 is 10.6 Å². The molecule has 0 amide bonds. The Bertz CT molecular complexity index is 358. The van der Waals surface area contributed by atoms with Crippen LogP contribution in [-0.4, -0.2) is 17.6 Å². The van der Waals surface area contributed by atoms with Crippen LogP contribution in [0.3, 0.4) is 0 Å². The molecule has 0 bridgehead atoms. The Morgan fingerprint density at radius 3 is 2.71 bits per heavy atom. The van der Waals surface area contributed by atoms with Gasteiger partial charge >= 0.3 is 0 Å². The Balaban J connectivity index is 2.11. The summed E-state index contributed by atoms with van der Waals surface area (Å²) < 4.78 is 0. The Hall–Kier alpha value is -1.09. The van der Waals surface area contributed by atoms with E-state index < -0.39 is 0 Å². The first kappa shape index (κ1) is 12.4. The second-order valence-electron chi connectivity index (χ2n) is 5.41. The highest BCUT2D eigenvalue weighted by molar-refractivity contribution is 5.41. The number of nitrogens with two attached hydrogens (primary N) is 1. The van der Waals surface area contributed by atoms with E-state index in [1.165, 1.54) is 12.8 Å². The van der Waals surface area contributed by atoms with Crippen molar-refractivity contribution >= 4 is 5.82 Å². The van der Waals surface area contributed by atoms with Gasteiger partial charge in [-0.2, -0.15) is 0 Å². The standard InChI is InChI=1S/C14H23N3/c1-10-6-7-17(11(2)8-10)14-5-4-13(9-16-14)12(3)15/h4-5,9-12H,6-8,15H2,1-3H3. The number of piperidine rings is 1. The van der Waals surface area contributed by atoms with Crippen LogP contribution in [0.4, 0.5) is 5.82 Å². The van der Waals surface area contributed by atoms with Gasteiger partial charge in [0.2, 0.25) is 0 Å². The largest absolute Gasteiger partial charge is 0.354 e.